The van der Waals surface area contributed by atoms with Crippen molar-refractivity contribution in [2.75, 3.05) is 27.9 Å². The molecule has 0 saturated carbocycles. The number of carbonyl (C=O) groups excluding carboxylic acids is 1. The maximum absolute atomic E-state index is 13.0. The highest BCUT2D eigenvalue weighted by Crippen LogP contribution is 2.41. The number of nitrogens with one attached hydrogen (secondary N) is 1. The van der Waals surface area contributed by atoms with Crippen LogP contribution < -0.4 is 24.3 Å². The molecule has 4 rings (SSSR count). The Balaban J connectivity index is 1.62. The van der Waals surface area contributed by atoms with E-state index in [2.05, 4.69) is 10.3 Å². The van der Waals surface area contributed by atoms with Crippen molar-refractivity contribution < 1.29 is 28.8 Å². The van der Waals surface area contributed by atoms with Crippen LogP contribution in [0.1, 0.15) is 17.2 Å². The zero-order chi connectivity index (χ0) is 25.7. The molecular formula is C27H25ClN2O6. The Bertz CT molecular complexity index is 1350. The van der Waals surface area contributed by atoms with Crippen LogP contribution in [0.15, 0.2) is 66.9 Å². The van der Waals surface area contributed by atoms with Gasteiger partial charge in [-0.05, 0) is 23.8 Å². The number of amides is 1. The number of ether oxygens (including phenoxy) is 4. The summed E-state index contributed by atoms with van der Waals surface area (Å²) in [7, 11) is 4.49. The molecular weight excluding hydrogens is 484 g/mol. The number of rotatable bonds is 9. The summed E-state index contributed by atoms with van der Waals surface area (Å²) in [5, 5.41) is 15.0. The van der Waals surface area contributed by atoms with E-state index in [0.717, 1.165) is 5.56 Å². The molecule has 0 bridgehead atoms. The lowest BCUT2D eigenvalue weighted by Gasteiger charge is -2.22. The Kier molecular flexibility index (Phi) is 7.65. The number of carbonyl (C=O) groups is 1. The lowest BCUT2D eigenvalue weighted by Crippen LogP contribution is -2.33. The third kappa shape index (κ3) is 5.08. The molecule has 36 heavy (non-hydrogen) atoms. The van der Waals surface area contributed by atoms with Crippen LogP contribution in [0, 0.1) is 0 Å². The normalized spacial score (nSPS) is 11.6. The van der Waals surface area contributed by atoms with Crippen LogP contribution in [0.4, 0.5) is 0 Å². The van der Waals surface area contributed by atoms with Gasteiger partial charge in [0, 0.05) is 29.3 Å². The zero-order valence-corrected chi connectivity index (χ0v) is 20.7. The molecule has 4 aromatic rings. The van der Waals surface area contributed by atoms with Gasteiger partial charge in [0.05, 0.1) is 32.4 Å². The Labute approximate surface area is 213 Å². The van der Waals surface area contributed by atoms with E-state index in [-0.39, 0.29) is 12.4 Å². The lowest BCUT2D eigenvalue weighted by atomic mass is 9.96. The van der Waals surface area contributed by atoms with Gasteiger partial charge in [0.2, 0.25) is 5.75 Å². The smallest absolute Gasteiger partial charge is 0.258 e. The molecule has 0 fully saturated rings. The van der Waals surface area contributed by atoms with Crippen LogP contribution in [0.5, 0.6) is 28.7 Å². The van der Waals surface area contributed by atoms with Crippen molar-refractivity contribution >= 4 is 28.4 Å². The molecule has 9 heteroatoms. The van der Waals surface area contributed by atoms with Gasteiger partial charge in [-0.15, -0.1) is 0 Å². The van der Waals surface area contributed by atoms with E-state index in [1.54, 1.807) is 36.5 Å². The minimum Gasteiger partial charge on any atom is -0.505 e. The molecule has 1 atom stereocenters. The minimum absolute atomic E-state index is 0.0605. The maximum atomic E-state index is 13.0. The molecule has 0 spiro atoms. The topological polar surface area (TPSA) is 99.1 Å². The van der Waals surface area contributed by atoms with Gasteiger partial charge in [-0.1, -0.05) is 41.9 Å². The molecule has 0 aliphatic carbocycles. The Morgan fingerprint density at radius 3 is 2.33 bits per heavy atom. The van der Waals surface area contributed by atoms with Crippen molar-refractivity contribution in [3.8, 4) is 28.7 Å². The molecule has 0 aliphatic rings. The van der Waals surface area contributed by atoms with Crippen LogP contribution >= 0.6 is 11.6 Å². The Morgan fingerprint density at radius 2 is 1.69 bits per heavy atom. The number of fused-ring (bicyclic) bond motifs is 1. The second-order valence-electron chi connectivity index (χ2n) is 7.76. The van der Waals surface area contributed by atoms with Crippen LogP contribution in [0.2, 0.25) is 5.02 Å². The number of phenolic OH excluding ortho intramolecular Hbond substituents is 1. The fraction of sp³-hybridized carbons (Fsp3) is 0.185. The van der Waals surface area contributed by atoms with Crippen LogP contribution in [-0.4, -0.2) is 43.9 Å². The van der Waals surface area contributed by atoms with Gasteiger partial charge in [0.1, 0.15) is 17.0 Å². The average molecular weight is 509 g/mol. The molecule has 1 unspecified atom stereocenters. The summed E-state index contributed by atoms with van der Waals surface area (Å²) in [4.78, 5) is 17.3. The maximum Gasteiger partial charge on any atom is 0.258 e. The second-order valence-corrected chi connectivity index (χ2v) is 8.16. The largest absolute Gasteiger partial charge is 0.505 e. The minimum atomic E-state index is -0.703. The Morgan fingerprint density at radius 1 is 1.00 bits per heavy atom. The molecule has 186 valence electrons. The quantitative estimate of drug-likeness (QED) is 0.331. The predicted molar refractivity (Wildman–Crippen MR) is 136 cm³/mol. The lowest BCUT2D eigenvalue weighted by molar-refractivity contribution is -0.123. The number of methoxy groups -OCH3 is 3. The van der Waals surface area contributed by atoms with Gasteiger partial charge >= 0.3 is 0 Å². The SMILES string of the molecule is COc1cc(OCC(=O)NC(c2ccccc2)c2cc(Cl)c3cccnc3c2O)cc(OC)c1OC. The number of halogens is 1. The van der Waals surface area contributed by atoms with Crippen molar-refractivity contribution in [1.82, 2.24) is 10.3 Å². The highest BCUT2D eigenvalue weighted by Gasteiger charge is 2.24. The van der Waals surface area contributed by atoms with Crippen molar-refractivity contribution in [2.45, 2.75) is 6.04 Å². The molecule has 2 N–H and O–H groups in total. The standard InChI is InChI=1S/C27H25ClN2O6/c1-33-21-12-17(13-22(34-2)27(21)35-3)36-15-23(31)30-24(16-8-5-4-6-9-16)19-14-20(28)18-10-7-11-29-25(18)26(19)32/h4-14,24,32H,15H2,1-3H3,(H,30,31). The number of aromatic hydroxyl groups is 1. The van der Waals surface area contributed by atoms with E-state index in [4.69, 9.17) is 30.5 Å². The molecule has 1 heterocycles. The van der Waals surface area contributed by atoms with Crippen molar-refractivity contribution in [2.24, 2.45) is 0 Å². The predicted octanol–water partition coefficient (Wildman–Crippen LogP) is 4.90. The van der Waals surface area contributed by atoms with Crippen molar-refractivity contribution in [1.29, 1.82) is 0 Å². The average Bonchev–Trinajstić information content (AvgIpc) is 2.92. The van der Waals surface area contributed by atoms with Gasteiger partial charge in [-0.2, -0.15) is 0 Å². The first-order valence-corrected chi connectivity index (χ1v) is 11.4. The van der Waals surface area contributed by atoms with Crippen molar-refractivity contribution in [3.63, 3.8) is 0 Å². The van der Waals surface area contributed by atoms with E-state index in [1.807, 2.05) is 30.3 Å². The number of aromatic nitrogens is 1. The number of benzene rings is 3. The summed E-state index contributed by atoms with van der Waals surface area (Å²) in [5.41, 5.74) is 1.52. The monoisotopic (exact) mass is 508 g/mol. The van der Waals surface area contributed by atoms with E-state index in [0.29, 0.717) is 44.5 Å². The van der Waals surface area contributed by atoms with E-state index >= 15 is 0 Å². The molecule has 8 nitrogen and oxygen atoms in total. The number of phenols is 1. The van der Waals surface area contributed by atoms with E-state index in [9.17, 15) is 9.90 Å². The fourth-order valence-electron chi connectivity index (χ4n) is 3.90. The fourth-order valence-corrected chi connectivity index (χ4v) is 4.17. The number of nitrogens with zero attached hydrogens (tertiary/aromatic N) is 1. The molecule has 0 aliphatic heterocycles. The van der Waals surface area contributed by atoms with E-state index < -0.39 is 11.9 Å². The molecule has 3 aromatic carbocycles. The summed E-state index contributed by atoms with van der Waals surface area (Å²) in [6.45, 7) is -0.303. The van der Waals surface area contributed by atoms with E-state index in [1.165, 1.54) is 21.3 Å². The van der Waals surface area contributed by atoms with Gasteiger partial charge < -0.3 is 29.4 Å². The van der Waals surface area contributed by atoms with Gasteiger partial charge in [0.25, 0.3) is 5.91 Å². The summed E-state index contributed by atoms with van der Waals surface area (Å²) >= 11 is 6.50. The highest BCUT2D eigenvalue weighted by atomic mass is 35.5. The third-order valence-electron chi connectivity index (χ3n) is 5.60. The summed E-state index contributed by atoms with van der Waals surface area (Å²) < 4.78 is 21.7. The first-order valence-electron chi connectivity index (χ1n) is 11.0. The third-order valence-corrected chi connectivity index (χ3v) is 5.92. The van der Waals surface area contributed by atoms with Crippen LogP contribution in [0.25, 0.3) is 10.9 Å². The number of hydrogen-bond donors (Lipinski definition) is 2. The Hall–Kier alpha value is -4.17. The van der Waals surface area contributed by atoms with Gasteiger partial charge in [-0.3, -0.25) is 9.78 Å². The van der Waals surface area contributed by atoms with Crippen LogP contribution in [-0.2, 0) is 4.79 Å². The molecule has 0 saturated heterocycles. The van der Waals surface area contributed by atoms with Crippen molar-refractivity contribution in [3.05, 3.63) is 83.0 Å². The van der Waals surface area contributed by atoms with Gasteiger partial charge in [0.15, 0.2) is 18.1 Å². The summed E-state index contributed by atoms with van der Waals surface area (Å²) in [6, 6.07) is 16.9. The summed E-state index contributed by atoms with van der Waals surface area (Å²) in [6.07, 6.45) is 1.57. The molecule has 1 amide bonds. The first-order chi connectivity index (χ1) is 17.5. The van der Waals surface area contributed by atoms with Crippen LogP contribution in [0.3, 0.4) is 0 Å². The molecule has 1 aromatic heterocycles. The summed E-state index contributed by atoms with van der Waals surface area (Å²) in [5.74, 6) is 1.09. The zero-order valence-electron chi connectivity index (χ0n) is 19.9. The van der Waals surface area contributed by atoms with Gasteiger partial charge in [-0.25, -0.2) is 0 Å². The number of pyridine rings is 1. The highest BCUT2D eigenvalue weighted by molar-refractivity contribution is 6.35. The molecule has 0 radical (unpaired) electrons. The second kappa shape index (κ2) is 11.0. The number of hydrogen-bond acceptors (Lipinski definition) is 7. The first kappa shape index (κ1) is 24.9.